The van der Waals surface area contributed by atoms with Gasteiger partial charge in [-0.25, -0.2) is 9.67 Å². The van der Waals surface area contributed by atoms with Gasteiger partial charge in [-0.05, 0) is 45.4 Å². The number of aryl methyl sites for hydroxylation is 4. The highest BCUT2D eigenvalue weighted by Crippen LogP contribution is 2.39. The van der Waals surface area contributed by atoms with Gasteiger partial charge in [-0.15, -0.1) is 11.3 Å². The molecule has 0 bridgehead atoms. The van der Waals surface area contributed by atoms with Crippen molar-refractivity contribution in [1.82, 2.24) is 19.7 Å². The molecule has 4 heterocycles. The zero-order valence-electron chi connectivity index (χ0n) is 15.3. The van der Waals surface area contributed by atoms with Crippen LogP contribution in [0.15, 0.2) is 16.5 Å². The summed E-state index contributed by atoms with van der Waals surface area (Å²) in [6.45, 7) is 7.65. The highest BCUT2D eigenvalue weighted by molar-refractivity contribution is 7.21. The monoisotopic (exact) mass is 382 g/mol. The molecule has 8 nitrogen and oxygen atoms in total. The number of amides is 1. The van der Waals surface area contributed by atoms with Crippen LogP contribution in [0.25, 0.3) is 27.6 Å². The average Bonchev–Trinajstić information content (AvgIpc) is 3.23. The Balaban J connectivity index is 2.08. The van der Waals surface area contributed by atoms with Gasteiger partial charge in [0, 0.05) is 5.69 Å². The van der Waals surface area contributed by atoms with E-state index < -0.39 is 5.91 Å². The number of thiophene rings is 1. The third-order valence-electron chi connectivity index (χ3n) is 4.40. The van der Waals surface area contributed by atoms with Crippen molar-refractivity contribution in [2.75, 3.05) is 5.73 Å². The predicted molar refractivity (Wildman–Crippen MR) is 104 cm³/mol. The molecule has 9 heteroatoms. The number of furan rings is 1. The number of hydrogen-bond donors (Lipinski definition) is 2. The second-order valence-electron chi connectivity index (χ2n) is 6.45. The second-order valence-corrected chi connectivity index (χ2v) is 7.45. The number of rotatable bonds is 3. The number of carbonyl (C=O) groups is 1. The normalized spacial score (nSPS) is 11.4. The second kappa shape index (κ2) is 5.92. The highest BCUT2D eigenvalue weighted by Gasteiger charge is 2.23. The molecule has 0 saturated carbocycles. The van der Waals surface area contributed by atoms with Crippen molar-refractivity contribution in [3.63, 3.8) is 0 Å². The lowest BCUT2D eigenvalue weighted by Crippen LogP contribution is -2.10. The summed E-state index contributed by atoms with van der Waals surface area (Å²) in [7, 11) is 0. The molecule has 1 amide bonds. The summed E-state index contributed by atoms with van der Waals surface area (Å²) in [6, 6.07) is 3.83. The molecule has 0 aliphatic rings. The molecule has 4 rings (SSSR count). The molecular weight excluding hydrogens is 364 g/mol. The van der Waals surface area contributed by atoms with E-state index in [-0.39, 0.29) is 10.6 Å². The first-order valence-corrected chi connectivity index (χ1v) is 9.08. The minimum absolute atomic E-state index is 0.256. The first kappa shape index (κ1) is 17.2. The molecule has 0 spiro atoms. The van der Waals surface area contributed by atoms with Crippen LogP contribution in [0.3, 0.4) is 0 Å². The number of fused-ring (bicyclic) bond motifs is 1. The zero-order chi connectivity index (χ0) is 19.5. The predicted octanol–water partition coefficient (Wildman–Crippen LogP) is 3.05. The fraction of sp³-hybridized carbons (Fsp3) is 0.222. The Morgan fingerprint density at radius 2 is 1.93 bits per heavy atom. The van der Waals surface area contributed by atoms with Crippen molar-refractivity contribution in [3.05, 3.63) is 39.7 Å². The van der Waals surface area contributed by atoms with Crippen molar-refractivity contribution in [2.24, 2.45) is 5.73 Å². The Morgan fingerprint density at radius 3 is 2.48 bits per heavy atom. The maximum Gasteiger partial charge on any atom is 0.260 e. The van der Waals surface area contributed by atoms with Gasteiger partial charge in [0.05, 0.1) is 16.8 Å². The van der Waals surface area contributed by atoms with E-state index in [0.717, 1.165) is 34.0 Å². The largest absolute Gasteiger partial charge is 0.459 e. The molecule has 0 radical (unpaired) electrons. The van der Waals surface area contributed by atoms with Crippen LogP contribution in [0.4, 0.5) is 5.69 Å². The Morgan fingerprint density at radius 1 is 1.19 bits per heavy atom. The van der Waals surface area contributed by atoms with E-state index in [1.807, 2.05) is 39.8 Å². The molecule has 0 saturated heterocycles. The SMILES string of the molecule is Cc1cc(C)n(-c2nc(-c3cc(C)c(C)o3)c3c(N)c(C(N)=O)sc3n2)n1. The molecule has 4 N–H and O–H groups in total. The summed E-state index contributed by atoms with van der Waals surface area (Å²) in [5, 5.41) is 5.01. The summed E-state index contributed by atoms with van der Waals surface area (Å²) in [5.74, 6) is 1.13. The Bertz CT molecular complexity index is 1200. The number of nitrogens with zero attached hydrogens (tertiary/aromatic N) is 4. The number of hydrogen-bond acceptors (Lipinski definition) is 7. The summed E-state index contributed by atoms with van der Waals surface area (Å²) in [5.41, 5.74) is 15.2. The van der Waals surface area contributed by atoms with Gasteiger partial charge in [-0.2, -0.15) is 10.1 Å². The molecule has 0 atom stereocenters. The van der Waals surface area contributed by atoms with Crippen molar-refractivity contribution >= 4 is 33.1 Å². The molecule has 0 aromatic carbocycles. The highest BCUT2D eigenvalue weighted by atomic mass is 32.1. The lowest BCUT2D eigenvalue weighted by molar-refractivity contribution is 0.100. The number of primary amides is 1. The summed E-state index contributed by atoms with van der Waals surface area (Å²) in [4.78, 5) is 21.8. The van der Waals surface area contributed by atoms with Crippen molar-refractivity contribution in [2.45, 2.75) is 27.7 Å². The molecular formula is C18H18N6O2S. The standard InChI is InChI=1S/C18H18N6O2S/c1-7-5-11(26-10(7)4)14-12-13(19)15(16(20)25)27-17(12)22-18(21-14)24-9(3)6-8(2)23-24/h5-6H,19H2,1-4H3,(H2,20,25). The lowest BCUT2D eigenvalue weighted by atomic mass is 10.1. The van der Waals surface area contributed by atoms with Crippen LogP contribution < -0.4 is 11.5 Å². The van der Waals surface area contributed by atoms with E-state index in [9.17, 15) is 4.79 Å². The molecule has 138 valence electrons. The average molecular weight is 382 g/mol. The van der Waals surface area contributed by atoms with Gasteiger partial charge in [0.2, 0.25) is 0 Å². The molecule has 0 unspecified atom stereocenters. The topological polar surface area (TPSA) is 126 Å². The molecule has 27 heavy (non-hydrogen) atoms. The van der Waals surface area contributed by atoms with E-state index in [4.69, 9.17) is 15.9 Å². The number of nitrogens with two attached hydrogens (primary N) is 2. The van der Waals surface area contributed by atoms with Crippen LogP contribution in [0.1, 0.15) is 32.4 Å². The van der Waals surface area contributed by atoms with Gasteiger partial charge in [0.25, 0.3) is 11.9 Å². The van der Waals surface area contributed by atoms with Gasteiger partial charge in [0.15, 0.2) is 5.76 Å². The van der Waals surface area contributed by atoms with Crippen LogP contribution in [0.5, 0.6) is 0 Å². The van der Waals surface area contributed by atoms with E-state index in [0.29, 0.717) is 27.6 Å². The number of anilines is 1. The number of nitrogen functional groups attached to an aromatic ring is 1. The third kappa shape index (κ3) is 2.67. The Labute approximate surface area is 158 Å². The van der Waals surface area contributed by atoms with Crippen LogP contribution in [0, 0.1) is 27.7 Å². The van der Waals surface area contributed by atoms with Crippen molar-refractivity contribution in [1.29, 1.82) is 0 Å². The van der Waals surface area contributed by atoms with E-state index in [1.165, 1.54) is 0 Å². The van der Waals surface area contributed by atoms with Gasteiger partial charge in [-0.1, -0.05) is 0 Å². The molecule has 0 aliphatic heterocycles. The van der Waals surface area contributed by atoms with Crippen molar-refractivity contribution < 1.29 is 9.21 Å². The lowest BCUT2D eigenvalue weighted by Gasteiger charge is -2.06. The summed E-state index contributed by atoms with van der Waals surface area (Å²) in [6.07, 6.45) is 0. The summed E-state index contributed by atoms with van der Waals surface area (Å²) >= 11 is 1.14. The molecule has 0 fully saturated rings. The van der Waals surface area contributed by atoms with Gasteiger partial charge < -0.3 is 15.9 Å². The fourth-order valence-electron chi connectivity index (χ4n) is 2.99. The number of aromatic nitrogens is 4. The minimum atomic E-state index is -0.596. The van der Waals surface area contributed by atoms with Gasteiger partial charge in [0.1, 0.15) is 21.2 Å². The first-order chi connectivity index (χ1) is 12.8. The van der Waals surface area contributed by atoms with E-state index in [2.05, 4.69) is 15.1 Å². The van der Waals surface area contributed by atoms with Crippen LogP contribution in [-0.4, -0.2) is 25.7 Å². The minimum Gasteiger partial charge on any atom is -0.459 e. The van der Waals surface area contributed by atoms with E-state index >= 15 is 0 Å². The van der Waals surface area contributed by atoms with E-state index in [1.54, 1.807) is 4.68 Å². The van der Waals surface area contributed by atoms with Crippen LogP contribution in [0.2, 0.25) is 0 Å². The Hall–Kier alpha value is -3.20. The molecule has 4 aromatic rings. The maximum absolute atomic E-state index is 11.8. The third-order valence-corrected chi connectivity index (χ3v) is 5.51. The van der Waals surface area contributed by atoms with Crippen LogP contribution in [-0.2, 0) is 0 Å². The van der Waals surface area contributed by atoms with Crippen LogP contribution >= 0.6 is 11.3 Å². The smallest absolute Gasteiger partial charge is 0.260 e. The van der Waals surface area contributed by atoms with Gasteiger partial charge >= 0.3 is 0 Å². The summed E-state index contributed by atoms with van der Waals surface area (Å²) < 4.78 is 7.53. The molecule has 0 aliphatic carbocycles. The number of carbonyl (C=O) groups excluding carboxylic acids is 1. The Kier molecular flexibility index (Phi) is 3.77. The quantitative estimate of drug-likeness (QED) is 0.561. The first-order valence-electron chi connectivity index (χ1n) is 8.27. The maximum atomic E-state index is 11.8. The zero-order valence-corrected chi connectivity index (χ0v) is 16.1. The fourth-order valence-corrected chi connectivity index (χ4v) is 3.93. The van der Waals surface area contributed by atoms with Gasteiger partial charge in [-0.3, -0.25) is 4.79 Å². The van der Waals surface area contributed by atoms with Crippen molar-refractivity contribution in [3.8, 4) is 17.4 Å². The molecule has 4 aromatic heterocycles.